The van der Waals surface area contributed by atoms with Crippen LogP contribution in [0.3, 0.4) is 0 Å². The molecule has 0 aliphatic carbocycles. The molecule has 2 heterocycles. The fourth-order valence-corrected chi connectivity index (χ4v) is 3.05. The van der Waals surface area contributed by atoms with Gasteiger partial charge < -0.3 is 9.32 Å². The largest absolute Gasteiger partial charge is 0.460 e. The number of alkyl halides is 1. The fraction of sp³-hybridized carbons (Fsp3) is 0.438. The normalized spacial score (nSPS) is 18.3. The predicted molar refractivity (Wildman–Crippen MR) is 80.0 cm³/mol. The minimum atomic E-state index is 0.188. The number of hydrogen-bond acceptors (Lipinski definition) is 2. The Bertz CT molecular complexity index is 634. The Morgan fingerprint density at radius 2 is 2.25 bits per heavy atom. The summed E-state index contributed by atoms with van der Waals surface area (Å²) >= 11 is 5.67. The van der Waals surface area contributed by atoms with Crippen LogP contribution in [0.4, 0.5) is 0 Å². The molecule has 4 heteroatoms. The number of rotatable bonds is 3. The summed E-state index contributed by atoms with van der Waals surface area (Å²) in [6, 6.07) is 8.04. The van der Waals surface area contributed by atoms with E-state index in [1.165, 1.54) is 5.56 Å². The summed E-state index contributed by atoms with van der Waals surface area (Å²) in [6.07, 6.45) is 1.27. The molecule has 1 aromatic carbocycles. The van der Waals surface area contributed by atoms with Gasteiger partial charge >= 0.3 is 0 Å². The second kappa shape index (κ2) is 5.49. The summed E-state index contributed by atoms with van der Waals surface area (Å²) in [5, 5.41) is 1.13. The first-order chi connectivity index (χ1) is 9.70. The van der Waals surface area contributed by atoms with Crippen LogP contribution in [0.1, 0.15) is 37.0 Å². The molecule has 0 saturated carbocycles. The second-order valence-electron chi connectivity index (χ2n) is 5.41. The van der Waals surface area contributed by atoms with Gasteiger partial charge in [-0.25, -0.2) is 0 Å². The maximum Gasteiger partial charge on any atom is 0.222 e. The van der Waals surface area contributed by atoms with Crippen molar-refractivity contribution in [3.8, 4) is 0 Å². The molecule has 0 bridgehead atoms. The van der Waals surface area contributed by atoms with E-state index in [2.05, 4.69) is 13.0 Å². The molecule has 1 aliphatic rings. The van der Waals surface area contributed by atoms with E-state index in [9.17, 15) is 4.79 Å². The molecule has 0 saturated heterocycles. The van der Waals surface area contributed by atoms with Crippen LogP contribution in [0.25, 0.3) is 11.0 Å². The number of furan rings is 1. The number of para-hydroxylation sites is 1. The van der Waals surface area contributed by atoms with Crippen molar-refractivity contribution in [1.29, 1.82) is 0 Å². The molecule has 3 nitrogen and oxygen atoms in total. The van der Waals surface area contributed by atoms with Crippen LogP contribution in [0.5, 0.6) is 0 Å². The molecule has 2 aromatic rings. The molecule has 1 aliphatic heterocycles. The Morgan fingerprint density at radius 3 is 3.05 bits per heavy atom. The van der Waals surface area contributed by atoms with Crippen LogP contribution in [0, 0.1) is 0 Å². The Kier molecular flexibility index (Phi) is 3.70. The quantitative estimate of drug-likeness (QED) is 0.804. The van der Waals surface area contributed by atoms with Crippen LogP contribution in [-0.2, 0) is 11.3 Å². The van der Waals surface area contributed by atoms with Crippen molar-refractivity contribution in [2.75, 3.05) is 12.4 Å². The maximum absolute atomic E-state index is 12.2. The lowest BCUT2D eigenvalue weighted by molar-refractivity contribution is -0.132. The predicted octanol–water partition coefficient (Wildman–Crippen LogP) is 3.90. The van der Waals surface area contributed by atoms with Gasteiger partial charge in [0.25, 0.3) is 0 Å². The van der Waals surface area contributed by atoms with Gasteiger partial charge in [0.1, 0.15) is 11.3 Å². The lowest BCUT2D eigenvalue weighted by Crippen LogP contribution is -2.37. The van der Waals surface area contributed by atoms with Crippen molar-refractivity contribution in [3.63, 3.8) is 0 Å². The van der Waals surface area contributed by atoms with E-state index >= 15 is 0 Å². The van der Waals surface area contributed by atoms with Gasteiger partial charge in [-0.2, -0.15) is 0 Å². The summed E-state index contributed by atoms with van der Waals surface area (Å²) in [5.74, 6) is 2.00. The molecule has 1 amide bonds. The van der Waals surface area contributed by atoms with Crippen molar-refractivity contribution in [2.45, 2.75) is 32.2 Å². The van der Waals surface area contributed by atoms with Gasteiger partial charge in [-0.3, -0.25) is 4.79 Å². The molecule has 1 atom stereocenters. The number of carbonyl (C=O) groups excluding carboxylic acids is 1. The third-order valence-corrected chi connectivity index (χ3v) is 4.16. The summed E-state index contributed by atoms with van der Waals surface area (Å²) in [7, 11) is 0. The Hall–Kier alpha value is -1.48. The lowest BCUT2D eigenvalue weighted by atomic mass is 9.96. The van der Waals surface area contributed by atoms with Gasteiger partial charge in [-0.15, -0.1) is 11.6 Å². The second-order valence-corrected chi connectivity index (χ2v) is 5.79. The third kappa shape index (κ3) is 2.31. The average Bonchev–Trinajstić information content (AvgIpc) is 2.84. The Morgan fingerprint density at radius 1 is 1.45 bits per heavy atom. The summed E-state index contributed by atoms with van der Waals surface area (Å²) in [6.45, 7) is 3.49. The highest BCUT2D eigenvalue weighted by molar-refractivity contribution is 6.17. The number of nitrogens with zero attached hydrogens (tertiary/aromatic N) is 1. The molecule has 0 unspecified atom stereocenters. The van der Waals surface area contributed by atoms with E-state index in [1.54, 1.807) is 0 Å². The van der Waals surface area contributed by atoms with Crippen LogP contribution in [0.2, 0.25) is 0 Å². The van der Waals surface area contributed by atoms with Crippen molar-refractivity contribution in [2.24, 2.45) is 0 Å². The van der Waals surface area contributed by atoms with Gasteiger partial charge in [0.05, 0.1) is 0 Å². The molecule has 0 fully saturated rings. The van der Waals surface area contributed by atoms with Crippen LogP contribution in [0.15, 0.2) is 28.7 Å². The highest BCUT2D eigenvalue weighted by atomic mass is 35.5. The minimum absolute atomic E-state index is 0.188. The molecule has 1 aromatic heterocycles. The van der Waals surface area contributed by atoms with E-state index in [0.29, 0.717) is 18.8 Å². The first-order valence-electron chi connectivity index (χ1n) is 7.04. The molecular weight excluding hydrogens is 274 g/mol. The van der Waals surface area contributed by atoms with Gasteiger partial charge in [-0.1, -0.05) is 25.1 Å². The van der Waals surface area contributed by atoms with Gasteiger partial charge in [0, 0.05) is 42.3 Å². The number of benzene rings is 1. The van der Waals surface area contributed by atoms with Gasteiger partial charge in [-0.05, 0) is 12.5 Å². The standard InChI is InChI=1S/C16H18ClNO2/c1-11-9-18(15(19)7-4-8-17)10-13-12-5-2-3-6-14(12)20-16(11)13/h2-3,5-6,11H,4,7-10H2,1H3/t11-/m1/s1. The van der Waals surface area contributed by atoms with E-state index in [0.717, 1.165) is 29.7 Å². The minimum Gasteiger partial charge on any atom is -0.460 e. The number of amides is 1. The van der Waals surface area contributed by atoms with Gasteiger partial charge in [0.2, 0.25) is 5.91 Å². The molecule has 0 spiro atoms. The SMILES string of the molecule is C[C@@H]1CN(C(=O)CCCCl)Cc2c1oc1ccccc21. The molecule has 106 valence electrons. The average molecular weight is 292 g/mol. The first kappa shape index (κ1) is 13.5. The monoisotopic (exact) mass is 291 g/mol. The summed E-state index contributed by atoms with van der Waals surface area (Å²) in [4.78, 5) is 14.1. The number of carbonyl (C=O) groups is 1. The summed E-state index contributed by atoms with van der Waals surface area (Å²) < 4.78 is 5.95. The van der Waals surface area contributed by atoms with E-state index in [1.807, 2.05) is 23.1 Å². The fourth-order valence-electron chi connectivity index (χ4n) is 2.91. The van der Waals surface area contributed by atoms with E-state index < -0.39 is 0 Å². The molecule has 0 N–H and O–H groups in total. The maximum atomic E-state index is 12.2. The zero-order valence-corrected chi connectivity index (χ0v) is 12.3. The van der Waals surface area contributed by atoms with Crippen LogP contribution >= 0.6 is 11.6 Å². The smallest absolute Gasteiger partial charge is 0.222 e. The highest BCUT2D eigenvalue weighted by Gasteiger charge is 2.29. The van der Waals surface area contributed by atoms with Crippen LogP contribution < -0.4 is 0 Å². The van der Waals surface area contributed by atoms with Crippen molar-refractivity contribution in [1.82, 2.24) is 4.90 Å². The summed E-state index contributed by atoms with van der Waals surface area (Å²) in [5.41, 5.74) is 2.08. The van der Waals surface area contributed by atoms with Crippen molar-refractivity contribution < 1.29 is 9.21 Å². The topological polar surface area (TPSA) is 33.5 Å². The number of hydrogen-bond donors (Lipinski definition) is 0. The number of fused-ring (bicyclic) bond motifs is 3. The Balaban J connectivity index is 1.91. The molecule has 0 radical (unpaired) electrons. The molecule has 3 rings (SSSR count). The van der Waals surface area contributed by atoms with Crippen molar-refractivity contribution >= 4 is 28.5 Å². The highest BCUT2D eigenvalue weighted by Crippen LogP contribution is 2.36. The number of halogens is 1. The Labute approximate surface area is 123 Å². The molecule has 20 heavy (non-hydrogen) atoms. The van der Waals surface area contributed by atoms with Gasteiger partial charge in [0.15, 0.2) is 0 Å². The zero-order chi connectivity index (χ0) is 14.1. The van der Waals surface area contributed by atoms with E-state index in [-0.39, 0.29) is 11.8 Å². The third-order valence-electron chi connectivity index (χ3n) is 3.90. The first-order valence-corrected chi connectivity index (χ1v) is 7.58. The zero-order valence-electron chi connectivity index (χ0n) is 11.6. The van der Waals surface area contributed by atoms with Crippen molar-refractivity contribution in [3.05, 3.63) is 35.6 Å². The molecular formula is C16H18ClNO2. The lowest BCUT2D eigenvalue weighted by Gasteiger charge is -2.30. The van der Waals surface area contributed by atoms with E-state index in [4.69, 9.17) is 16.0 Å². The van der Waals surface area contributed by atoms with Crippen LogP contribution in [-0.4, -0.2) is 23.2 Å².